The first-order valence-electron chi connectivity index (χ1n) is 9.62. The number of hydrogen-bond acceptors (Lipinski definition) is 5. The van der Waals surface area contributed by atoms with Gasteiger partial charge < -0.3 is 9.64 Å². The number of aromatic nitrogens is 4. The summed E-state index contributed by atoms with van der Waals surface area (Å²) in [4.78, 5) is 19.0. The first-order valence-corrected chi connectivity index (χ1v) is 10.00. The van der Waals surface area contributed by atoms with Gasteiger partial charge in [0.25, 0.3) is 5.91 Å². The number of hydrogen-bond donors (Lipinski definition) is 0. The van der Waals surface area contributed by atoms with E-state index < -0.39 is 0 Å². The van der Waals surface area contributed by atoms with Crippen LogP contribution in [0, 0.1) is 0 Å². The summed E-state index contributed by atoms with van der Waals surface area (Å²) >= 11 is 6.22. The summed E-state index contributed by atoms with van der Waals surface area (Å²) in [6.07, 6.45) is 7.16. The summed E-state index contributed by atoms with van der Waals surface area (Å²) in [5, 5.41) is 8.88. The summed E-state index contributed by atoms with van der Waals surface area (Å²) in [5.74, 6) is -0.164. The van der Waals surface area contributed by atoms with Crippen LogP contribution in [0.1, 0.15) is 34.5 Å². The van der Waals surface area contributed by atoms with E-state index in [1.165, 1.54) is 0 Å². The summed E-state index contributed by atoms with van der Waals surface area (Å²) in [7, 11) is 0. The lowest BCUT2D eigenvalue weighted by Crippen LogP contribution is -2.37. The molecule has 3 aromatic rings. The molecule has 29 heavy (non-hydrogen) atoms. The standard InChI is InChI=1S/C21H22ClN5O2/c22-19-6-2-1-4-17(19)13-27-15-20(24-25-27)21(28)26(14-18-5-3-11-29-18)12-16-7-9-23-10-8-16/h1-2,4,6-10,15,18H,3,5,11-14H2. The predicted octanol–water partition coefficient (Wildman–Crippen LogP) is 3.20. The van der Waals surface area contributed by atoms with Gasteiger partial charge in [-0.2, -0.15) is 0 Å². The Labute approximate surface area is 174 Å². The molecular weight excluding hydrogens is 390 g/mol. The fourth-order valence-corrected chi connectivity index (χ4v) is 3.59. The second kappa shape index (κ2) is 9.15. The van der Waals surface area contributed by atoms with Gasteiger partial charge in [0.1, 0.15) is 0 Å². The first-order chi connectivity index (χ1) is 14.2. The Balaban J connectivity index is 1.50. The maximum absolute atomic E-state index is 13.2. The zero-order chi connectivity index (χ0) is 20.1. The van der Waals surface area contributed by atoms with Crippen molar-refractivity contribution in [1.29, 1.82) is 0 Å². The Hall–Kier alpha value is -2.77. The fraction of sp³-hybridized carbons (Fsp3) is 0.333. The number of rotatable bonds is 7. The SMILES string of the molecule is O=C(c1cn(Cc2ccccc2Cl)nn1)N(Cc1ccncc1)CC1CCCO1. The summed E-state index contributed by atoms with van der Waals surface area (Å²) in [5.41, 5.74) is 2.24. The number of amides is 1. The third-order valence-corrected chi connectivity index (χ3v) is 5.27. The maximum atomic E-state index is 13.2. The van der Waals surface area contributed by atoms with E-state index in [1.54, 1.807) is 28.2 Å². The van der Waals surface area contributed by atoms with Crippen LogP contribution in [0.2, 0.25) is 5.02 Å². The van der Waals surface area contributed by atoms with Crippen molar-refractivity contribution in [3.63, 3.8) is 0 Å². The van der Waals surface area contributed by atoms with Gasteiger partial charge in [-0.25, -0.2) is 4.68 Å². The van der Waals surface area contributed by atoms with Crippen LogP contribution in [-0.2, 0) is 17.8 Å². The van der Waals surface area contributed by atoms with Gasteiger partial charge in [-0.1, -0.05) is 35.0 Å². The third-order valence-electron chi connectivity index (χ3n) is 4.91. The highest BCUT2D eigenvalue weighted by molar-refractivity contribution is 6.31. The molecule has 8 heteroatoms. The van der Waals surface area contributed by atoms with Gasteiger partial charge in [0.15, 0.2) is 5.69 Å². The summed E-state index contributed by atoms with van der Waals surface area (Å²) in [6.45, 7) is 2.20. The Bertz CT molecular complexity index is 956. The summed E-state index contributed by atoms with van der Waals surface area (Å²) in [6, 6.07) is 11.4. The van der Waals surface area contributed by atoms with E-state index in [0.29, 0.717) is 30.4 Å². The highest BCUT2D eigenvalue weighted by atomic mass is 35.5. The normalized spacial score (nSPS) is 16.1. The molecule has 150 valence electrons. The van der Waals surface area contributed by atoms with Gasteiger partial charge in [0.05, 0.1) is 18.8 Å². The minimum absolute atomic E-state index is 0.0546. The minimum atomic E-state index is -0.164. The first kappa shape index (κ1) is 19.5. The molecular formula is C21H22ClN5O2. The van der Waals surface area contributed by atoms with E-state index in [0.717, 1.165) is 30.6 Å². The average molecular weight is 412 g/mol. The molecule has 1 atom stereocenters. The van der Waals surface area contributed by atoms with Crippen molar-refractivity contribution < 1.29 is 9.53 Å². The molecule has 1 aliphatic heterocycles. The van der Waals surface area contributed by atoms with Crippen molar-refractivity contribution in [2.45, 2.75) is 32.0 Å². The lowest BCUT2D eigenvalue weighted by atomic mass is 10.2. The molecule has 1 fully saturated rings. The predicted molar refractivity (Wildman–Crippen MR) is 109 cm³/mol. The highest BCUT2D eigenvalue weighted by Crippen LogP contribution is 2.18. The van der Waals surface area contributed by atoms with Crippen LogP contribution in [0.4, 0.5) is 0 Å². The van der Waals surface area contributed by atoms with Crippen molar-refractivity contribution in [1.82, 2.24) is 24.9 Å². The van der Waals surface area contributed by atoms with Crippen LogP contribution in [0.3, 0.4) is 0 Å². The largest absolute Gasteiger partial charge is 0.376 e. The van der Waals surface area contributed by atoms with Gasteiger partial charge in [-0.15, -0.1) is 5.10 Å². The van der Waals surface area contributed by atoms with E-state index in [4.69, 9.17) is 16.3 Å². The lowest BCUT2D eigenvalue weighted by Gasteiger charge is -2.24. The monoisotopic (exact) mass is 411 g/mol. The molecule has 2 aromatic heterocycles. The number of carbonyl (C=O) groups excluding carboxylic acids is 1. The van der Waals surface area contributed by atoms with Gasteiger partial charge in [-0.3, -0.25) is 9.78 Å². The third kappa shape index (κ3) is 4.99. The lowest BCUT2D eigenvalue weighted by molar-refractivity contribution is 0.0502. The molecule has 0 radical (unpaired) electrons. The second-order valence-corrected chi connectivity index (χ2v) is 7.48. The number of halogens is 1. The molecule has 7 nitrogen and oxygen atoms in total. The van der Waals surface area contributed by atoms with Crippen molar-refractivity contribution in [2.75, 3.05) is 13.2 Å². The Morgan fingerprint density at radius 1 is 1.24 bits per heavy atom. The Kier molecular flexibility index (Phi) is 6.17. The van der Waals surface area contributed by atoms with E-state index in [1.807, 2.05) is 36.4 Å². The van der Waals surface area contributed by atoms with Crippen LogP contribution >= 0.6 is 11.6 Å². The maximum Gasteiger partial charge on any atom is 0.276 e. The fourth-order valence-electron chi connectivity index (χ4n) is 3.40. The molecule has 0 N–H and O–H groups in total. The molecule has 1 unspecified atom stereocenters. The molecule has 0 aliphatic carbocycles. The minimum Gasteiger partial charge on any atom is -0.376 e. The van der Waals surface area contributed by atoms with E-state index in [-0.39, 0.29) is 12.0 Å². The molecule has 0 spiro atoms. The van der Waals surface area contributed by atoms with E-state index >= 15 is 0 Å². The van der Waals surface area contributed by atoms with Gasteiger partial charge >= 0.3 is 0 Å². The van der Waals surface area contributed by atoms with Crippen LogP contribution < -0.4 is 0 Å². The van der Waals surface area contributed by atoms with Crippen LogP contribution in [0.15, 0.2) is 55.0 Å². The zero-order valence-electron chi connectivity index (χ0n) is 15.9. The molecule has 3 heterocycles. The van der Waals surface area contributed by atoms with Gasteiger partial charge in [0.2, 0.25) is 0 Å². The smallest absolute Gasteiger partial charge is 0.276 e. The van der Waals surface area contributed by atoms with Crippen LogP contribution in [0.25, 0.3) is 0 Å². The van der Waals surface area contributed by atoms with Crippen LogP contribution in [0.5, 0.6) is 0 Å². The van der Waals surface area contributed by atoms with Crippen molar-refractivity contribution >= 4 is 17.5 Å². The topological polar surface area (TPSA) is 73.1 Å². The number of pyridine rings is 1. The number of nitrogens with zero attached hydrogens (tertiary/aromatic N) is 5. The quantitative estimate of drug-likeness (QED) is 0.597. The van der Waals surface area contributed by atoms with Gasteiger partial charge in [0, 0.05) is 37.1 Å². The average Bonchev–Trinajstić information content (AvgIpc) is 3.42. The summed E-state index contributed by atoms with van der Waals surface area (Å²) < 4.78 is 7.37. The molecule has 1 aliphatic rings. The van der Waals surface area contributed by atoms with Crippen molar-refractivity contribution in [3.8, 4) is 0 Å². The number of benzene rings is 1. The second-order valence-electron chi connectivity index (χ2n) is 7.07. The zero-order valence-corrected chi connectivity index (χ0v) is 16.7. The Morgan fingerprint density at radius 3 is 2.83 bits per heavy atom. The highest BCUT2D eigenvalue weighted by Gasteiger charge is 2.25. The molecule has 4 rings (SSSR count). The van der Waals surface area contributed by atoms with Crippen LogP contribution in [-0.4, -0.2) is 50.0 Å². The number of carbonyl (C=O) groups is 1. The van der Waals surface area contributed by atoms with Crippen molar-refractivity contribution in [3.05, 3.63) is 76.8 Å². The molecule has 0 saturated carbocycles. The number of ether oxygens (including phenoxy) is 1. The van der Waals surface area contributed by atoms with Gasteiger partial charge in [-0.05, 0) is 42.2 Å². The van der Waals surface area contributed by atoms with Crippen molar-refractivity contribution in [2.24, 2.45) is 0 Å². The molecule has 1 amide bonds. The van der Waals surface area contributed by atoms with E-state index in [9.17, 15) is 4.79 Å². The molecule has 1 aromatic carbocycles. The Morgan fingerprint density at radius 2 is 2.07 bits per heavy atom. The molecule has 0 bridgehead atoms. The van der Waals surface area contributed by atoms with E-state index in [2.05, 4.69) is 15.3 Å². The molecule has 1 saturated heterocycles.